The van der Waals surface area contributed by atoms with Crippen LogP contribution in [0.15, 0.2) is 53.5 Å². The summed E-state index contributed by atoms with van der Waals surface area (Å²) in [7, 11) is 3.84. The Hall–Kier alpha value is -1.96. The normalized spacial score (nSPS) is 10.9. The molecule has 0 heterocycles. The molecule has 27 heavy (non-hydrogen) atoms. The maximum absolute atomic E-state index is 9.32. The van der Waals surface area contributed by atoms with E-state index < -0.39 is 0 Å². The number of nitrogens with one attached hydrogen (secondary N) is 1. The summed E-state index contributed by atoms with van der Waals surface area (Å²) in [5.41, 5.74) is 2.44. The molecular formula is C21H30IN3O2. The number of phenolic OH excluding ortho intramolecular Hbond substituents is 1. The average Bonchev–Trinajstić information content (AvgIpc) is 2.65. The van der Waals surface area contributed by atoms with Gasteiger partial charge in [0.2, 0.25) is 0 Å². The van der Waals surface area contributed by atoms with Gasteiger partial charge in [-0.15, -0.1) is 24.0 Å². The summed E-state index contributed by atoms with van der Waals surface area (Å²) in [6, 6.07) is 15.5. The molecular weight excluding hydrogens is 453 g/mol. The minimum absolute atomic E-state index is 0. The standard InChI is InChI=1S/C21H29N3O2.HI/c1-4-26-20-13-9-18(10-14-20)16-24(3)21(22-2)23-15-5-6-17-7-11-19(25)12-8-17;/h7-14,25H,4-6,15-16H2,1-3H3,(H,22,23);1H. The van der Waals surface area contributed by atoms with Gasteiger partial charge in [0.05, 0.1) is 6.61 Å². The zero-order chi connectivity index (χ0) is 18.8. The maximum Gasteiger partial charge on any atom is 0.193 e. The fourth-order valence-electron chi connectivity index (χ4n) is 2.75. The van der Waals surface area contributed by atoms with E-state index in [0.717, 1.165) is 37.6 Å². The van der Waals surface area contributed by atoms with Gasteiger partial charge in [-0.3, -0.25) is 4.99 Å². The van der Waals surface area contributed by atoms with Crippen molar-refractivity contribution in [1.82, 2.24) is 10.2 Å². The van der Waals surface area contributed by atoms with Crippen LogP contribution in [-0.2, 0) is 13.0 Å². The van der Waals surface area contributed by atoms with E-state index in [1.807, 2.05) is 38.2 Å². The van der Waals surface area contributed by atoms with Crippen molar-refractivity contribution in [3.8, 4) is 11.5 Å². The molecule has 0 aromatic heterocycles. The Morgan fingerprint density at radius 3 is 2.30 bits per heavy atom. The fourth-order valence-corrected chi connectivity index (χ4v) is 2.75. The lowest BCUT2D eigenvalue weighted by Gasteiger charge is -2.22. The van der Waals surface area contributed by atoms with Gasteiger partial charge < -0.3 is 20.1 Å². The molecule has 2 aromatic rings. The molecule has 0 radical (unpaired) electrons. The highest BCUT2D eigenvalue weighted by Crippen LogP contribution is 2.13. The van der Waals surface area contributed by atoms with Crippen LogP contribution in [0, 0.1) is 0 Å². The van der Waals surface area contributed by atoms with Gasteiger partial charge in [0.1, 0.15) is 11.5 Å². The Kier molecular flexibility index (Phi) is 10.6. The molecule has 0 aliphatic rings. The number of benzene rings is 2. The summed E-state index contributed by atoms with van der Waals surface area (Å²) in [6.07, 6.45) is 1.97. The molecule has 5 nitrogen and oxygen atoms in total. The van der Waals surface area contributed by atoms with Gasteiger partial charge >= 0.3 is 0 Å². The molecule has 0 unspecified atom stereocenters. The van der Waals surface area contributed by atoms with E-state index in [9.17, 15) is 5.11 Å². The van der Waals surface area contributed by atoms with Crippen LogP contribution in [0.25, 0.3) is 0 Å². The highest BCUT2D eigenvalue weighted by Gasteiger charge is 2.06. The second-order valence-electron chi connectivity index (χ2n) is 6.18. The van der Waals surface area contributed by atoms with Gasteiger partial charge in [0, 0.05) is 27.2 Å². The largest absolute Gasteiger partial charge is 0.508 e. The van der Waals surface area contributed by atoms with Crippen LogP contribution in [0.2, 0.25) is 0 Å². The first-order valence-electron chi connectivity index (χ1n) is 9.03. The van der Waals surface area contributed by atoms with Crippen molar-refractivity contribution >= 4 is 29.9 Å². The third kappa shape index (κ3) is 8.07. The number of rotatable bonds is 8. The number of aryl methyl sites for hydroxylation is 1. The summed E-state index contributed by atoms with van der Waals surface area (Å²) in [5.74, 6) is 2.09. The zero-order valence-electron chi connectivity index (χ0n) is 16.3. The number of hydrogen-bond acceptors (Lipinski definition) is 3. The van der Waals surface area contributed by atoms with Crippen LogP contribution in [0.3, 0.4) is 0 Å². The lowest BCUT2D eigenvalue weighted by atomic mass is 10.1. The topological polar surface area (TPSA) is 57.1 Å². The minimum atomic E-state index is 0. The third-order valence-corrected chi connectivity index (χ3v) is 4.09. The summed E-state index contributed by atoms with van der Waals surface area (Å²) in [5, 5.41) is 12.7. The van der Waals surface area contributed by atoms with E-state index in [4.69, 9.17) is 4.74 Å². The van der Waals surface area contributed by atoms with Gasteiger partial charge in [-0.1, -0.05) is 24.3 Å². The van der Waals surface area contributed by atoms with E-state index in [1.165, 1.54) is 11.1 Å². The number of ether oxygens (including phenoxy) is 1. The number of aliphatic imine (C=N–C) groups is 1. The van der Waals surface area contributed by atoms with E-state index >= 15 is 0 Å². The van der Waals surface area contributed by atoms with Crippen LogP contribution < -0.4 is 10.1 Å². The first kappa shape index (κ1) is 23.1. The molecule has 6 heteroatoms. The molecule has 0 bridgehead atoms. The maximum atomic E-state index is 9.32. The lowest BCUT2D eigenvalue weighted by molar-refractivity contribution is 0.340. The molecule has 0 saturated heterocycles. The third-order valence-electron chi connectivity index (χ3n) is 4.09. The second-order valence-corrected chi connectivity index (χ2v) is 6.18. The molecule has 0 aliphatic carbocycles. The van der Waals surface area contributed by atoms with Crippen molar-refractivity contribution in [3.63, 3.8) is 0 Å². The average molecular weight is 483 g/mol. The molecule has 0 saturated carbocycles. The van der Waals surface area contributed by atoms with Crippen LogP contribution in [0.1, 0.15) is 24.5 Å². The summed E-state index contributed by atoms with van der Waals surface area (Å²) >= 11 is 0. The first-order valence-corrected chi connectivity index (χ1v) is 9.03. The summed E-state index contributed by atoms with van der Waals surface area (Å²) in [4.78, 5) is 6.47. The first-order chi connectivity index (χ1) is 12.6. The van der Waals surface area contributed by atoms with Crippen molar-refractivity contribution in [2.24, 2.45) is 4.99 Å². The van der Waals surface area contributed by atoms with Crippen molar-refractivity contribution in [2.75, 3.05) is 27.2 Å². The Bertz CT molecular complexity index is 688. The second kappa shape index (κ2) is 12.4. The summed E-state index contributed by atoms with van der Waals surface area (Å²) in [6.45, 7) is 4.30. The monoisotopic (exact) mass is 483 g/mol. The molecule has 2 rings (SSSR count). The molecule has 0 atom stereocenters. The van der Waals surface area contributed by atoms with Crippen LogP contribution in [-0.4, -0.2) is 43.2 Å². The molecule has 0 aliphatic heterocycles. The molecule has 148 valence electrons. The molecule has 0 spiro atoms. The fraction of sp³-hybridized carbons (Fsp3) is 0.381. The van der Waals surface area contributed by atoms with Crippen molar-refractivity contribution in [3.05, 3.63) is 59.7 Å². The molecule has 0 fully saturated rings. The predicted octanol–water partition coefficient (Wildman–Crippen LogP) is 4.05. The number of hydrogen-bond donors (Lipinski definition) is 2. The van der Waals surface area contributed by atoms with Gasteiger partial charge in [-0.25, -0.2) is 0 Å². The quantitative estimate of drug-likeness (QED) is 0.258. The van der Waals surface area contributed by atoms with Crippen LogP contribution in [0.5, 0.6) is 11.5 Å². The number of phenols is 1. The highest BCUT2D eigenvalue weighted by atomic mass is 127. The van der Waals surface area contributed by atoms with Gasteiger partial charge in [-0.2, -0.15) is 0 Å². The number of aromatic hydroxyl groups is 1. The van der Waals surface area contributed by atoms with Crippen molar-refractivity contribution in [1.29, 1.82) is 0 Å². The Balaban J connectivity index is 0.00000364. The Labute approximate surface area is 179 Å². The lowest BCUT2D eigenvalue weighted by Crippen LogP contribution is -2.39. The van der Waals surface area contributed by atoms with Crippen molar-refractivity contribution < 1.29 is 9.84 Å². The van der Waals surface area contributed by atoms with E-state index in [2.05, 4.69) is 27.3 Å². The summed E-state index contributed by atoms with van der Waals surface area (Å²) < 4.78 is 5.48. The molecule has 0 amide bonds. The SMILES string of the molecule is CCOc1ccc(CN(C)C(=NC)NCCCc2ccc(O)cc2)cc1.I. The minimum Gasteiger partial charge on any atom is -0.508 e. The van der Waals surface area contributed by atoms with E-state index in [0.29, 0.717) is 12.4 Å². The molecule has 2 aromatic carbocycles. The highest BCUT2D eigenvalue weighted by molar-refractivity contribution is 14.0. The Morgan fingerprint density at radius 2 is 1.70 bits per heavy atom. The number of guanidine groups is 1. The van der Waals surface area contributed by atoms with Crippen LogP contribution >= 0.6 is 24.0 Å². The predicted molar refractivity (Wildman–Crippen MR) is 122 cm³/mol. The zero-order valence-corrected chi connectivity index (χ0v) is 18.6. The van der Waals surface area contributed by atoms with E-state index in [-0.39, 0.29) is 24.0 Å². The Morgan fingerprint density at radius 1 is 1.07 bits per heavy atom. The smallest absolute Gasteiger partial charge is 0.193 e. The number of nitrogens with zero attached hydrogens (tertiary/aromatic N) is 2. The van der Waals surface area contributed by atoms with Gasteiger partial charge in [0.15, 0.2) is 5.96 Å². The van der Waals surface area contributed by atoms with E-state index in [1.54, 1.807) is 19.2 Å². The van der Waals surface area contributed by atoms with Gasteiger partial charge in [0.25, 0.3) is 0 Å². The van der Waals surface area contributed by atoms with Gasteiger partial charge in [-0.05, 0) is 55.2 Å². The number of halogens is 1. The van der Waals surface area contributed by atoms with Crippen molar-refractivity contribution in [2.45, 2.75) is 26.3 Å². The van der Waals surface area contributed by atoms with Crippen LogP contribution in [0.4, 0.5) is 0 Å². The molecule has 2 N–H and O–H groups in total.